The summed E-state index contributed by atoms with van der Waals surface area (Å²) in [5, 5.41) is 0. The van der Waals surface area contributed by atoms with E-state index in [0.29, 0.717) is 0 Å². The minimum Gasteiger partial charge on any atom is 0 e. The van der Waals surface area contributed by atoms with E-state index < -0.39 is 0 Å². The minimum atomic E-state index is 0. The molecule has 0 rings (SSSR count). The molecule has 0 spiro atoms. The van der Waals surface area contributed by atoms with Gasteiger partial charge < -0.3 is 0 Å². The second-order valence-corrected chi connectivity index (χ2v) is 0. The van der Waals surface area contributed by atoms with Gasteiger partial charge >= 0.3 is 0 Å². The third-order valence-corrected chi connectivity index (χ3v) is 0. The molecule has 0 heterocycles. The standard InChI is InChI=1S/3B.K. The van der Waals surface area contributed by atoms with Gasteiger partial charge in [-0.15, -0.1) is 0 Å². The molecule has 0 fully saturated rings. The van der Waals surface area contributed by atoms with E-state index in [-0.39, 0.29) is 76.6 Å². The molecule has 0 bridgehead atoms. The monoisotopic (exact) mass is 72.0 g/mol. The van der Waals surface area contributed by atoms with Crippen LogP contribution in [0.4, 0.5) is 0 Å². The van der Waals surface area contributed by atoms with Gasteiger partial charge in [-0.25, -0.2) is 0 Å². The molecule has 0 aromatic rings. The number of rotatable bonds is 0. The van der Waals surface area contributed by atoms with Crippen LogP contribution in [0.3, 0.4) is 0 Å². The van der Waals surface area contributed by atoms with Crippen LogP contribution >= 0.6 is 0 Å². The summed E-state index contributed by atoms with van der Waals surface area (Å²) in [6.45, 7) is 0. The summed E-state index contributed by atoms with van der Waals surface area (Å²) in [7, 11) is 0. The maximum Gasteiger partial charge on any atom is 0 e. The molecule has 4 heteroatoms. The second kappa shape index (κ2) is 21.1. The SMILES string of the molecule is [B].[B].[B].[K]. The molecule has 0 unspecified atom stereocenters. The van der Waals surface area contributed by atoms with Crippen LogP contribution in [0.2, 0.25) is 0 Å². The quantitative estimate of drug-likeness (QED) is 0.304. The topological polar surface area (TPSA) is 0 Å². The molecular weight excluding hydrogens is 71.5 g/mol. The van der Waals surface area contributed by atoms with Gasteiger partial charge in [0.05, 0.1) is 0 Å². The Morgan fingerprint density at radius 1 is 0.500 bits per heavy atom. The molecule has 0 amide bonds. The van der Waals surface area contributed by atoms with Crippen LogP contribution in [0.1, 0.15) is 0 Å². The van der Waals surface area contributed by atoms with Gasteiger partial charge in [-0.1, -0.05) is 0 Å². The van der Waals surface area contributed by atoms with Crippen molar-refractivity contribution in [1.82, 2.24) is 0 Å². The molecule has 10 valence electrons. The summed E-state index contributed by atoms with van der Waals surface area (Å²) in [6.07, 6.45) is 0. The van der Waals surface area contributed by atoms with Crippen molar-refractivity contribution in [3.63, 3.8) is 0 Å². The van der Waals surface area contributed by atoms with E-state index in [0.717, 1.165) is 0 Å². The molecule has 0 aromatic carbocycles. The van der Waals surface area contributed by atoms with E-state index >= 15 is 0 Å². The molecule has 0 aliphatic carbocycles. The van der Waals surface area contributed by atoms with Crippen molar-refractivity contribution in [3.05, 3.63) is 0 Å². The van der Waals surface area contributed by atoms with Gasteiger partial charge in [-0.05, 0) is 0 Å². The van der Waals surface area contributed by atoms with E-state index in [9.17, 15) is 0 Å². The largest absolute Gasteiger partial charge is 0 e. The van der Waals surface area contributed by atoms with Crippen LogP contribution in [0.25, 0.3) is 0 Å². The van der Waals surface area contributed by atoms with E-state index in [1.807, 2.05) is 0 Å². The fourth-order valence-electron chi connectivity index (χ4n) is 0. The van der Waals surface area contributed by atoms with Crippen molar-refractivity contribution in [2.75, 3.05) is 0 Å². The Labute approximate surface area is 75.3 Å². The maximum absolute atomic E-state index is 0. The number of hydrogen-bond acceptors (Lipinski definition) is 0. The molecule has 4 heavy (non-hydrogen) atoms. The fourth-order valence-corrected chi connectivity index (χ4v) is 0. The predicted octanol–water partition coefficient (Wildman–Crippen LogP) is -1.52. The van der Waals surface area contributed by atoms with Crippen molar-refractivity contribution >= 4 is 76.6 Å². The first-order chi connectivity index (χ1) is 0. The molecule has 0 aliphatic rings. The maximum atomic E-state index is 0. The summed E-state index contributed by atoms with van der Waals surface area (Å²) in [4.78, 5) is 0. The predicted molar refractivity (Wildman–Crippen MR) is 23.0 cm³/mol. The second-order valence-electron chi connectivity index (χ2n) is 0. The van der Waals surface area contributed by atoms with Crippen LogP contribution in [0.15, 0.2) is 0 Å². The average Bonchev–Trinajstić information content (AvgIpc) is 0. The Morgan fingerprint density at radius 3 is 0.500 bits per heavy atom. The third-order valence-electron chi connectivity index (χ3n) is 0. The van der Waals surface area contributed by atoms with Gasteiger partial charge in [0, 0.05) is 76.6 Å². The molecule has 0 saturated heterocycles. The van der Waals surface area contributed by atoms with Gasteiger partial charge in [0.1, 0.15) is 0 Å². The molecule has 0 atom stereocenters. The van der Waals surface area contributed by atoms with Crippen LogP contribution in [0, 0.1) is 0 Å². The van der Waals surface area contributed by atoms with Crippen molar-refractivity contribution < 1.29 is 0 Å². The smallest absolute Gasteiger partial charge is 0 e. The molecule has 0 nitrogen and oxygen atoms in total. The van der Waals surface area contributed by atoms with E-state index in [1.165, 1.54) is 0 Å². The summed E-state index contributed by atoms with van der Waals surface area (Å²) in [5.74, 6) is 0. The van der Waals surface area contributed by atoms with E-state index in [1.54, 1.807) is 0 Å². The van der Waals surface area contributed by atoms with E-state index in [2.05, 4.69) is 0 Å². The van der Waals surface area contributed by atoms with Crippen molar-refractivity contribution in [2.45, 2.75) is 0 Å². The van der Waals surface area contributed by atoms with Crippen LogP contribution in [0.5, 0.6) is 0 Å². The molecule has 10 radical (unpaired) electrons. The van der Waals surface area contributed by atoms with Crippen molar-refractivity contribution in [2.24, 2.45) is 0 Å². The number of hydrogen-bond donors (Lipinski definition) is 0. The summed E-state index contributed by atoms with van der Waals surface area (Å²) < 4.78 is 0. The zero-order chi connectivity index (χ0) is 0. The molecular formula is B3K. The van der Waals surface area contributed by atoms with Crippen LogP contribution < -0.4 is 0 Å². The third kappa shape index (κ3) is 9.16. The Hall–Kier alpha value is 1.83. The Morgan fingerprint density at radius 2 is 0.500 bits per heavy atom. The van der Waals surface area contributed by atoms with Gasteiger partial charge in [-0.2, -0.15) is 0 Å². The van der Waals surface area contributed by atoms with E-state index in [4.69, 9.17) is 0 Å². The molecule has 0 aromatic heterocycles. The average molecular weight is 71.5 g/mol. The van der Waals surface area contributed by atoms with Crippen LogP contribution in [-0.2, 0) is 0 Å². The van der Waals surface area contributed by atoms with Gasteiger partial charge in [-0.3, -0.25) is 0 Å². The normalized spacial score (nSPS) is 0. The molecule has 0 saturated carbocycles. The Kier molecular flexibility index (Phi) is 215. The zero-order valence-electron chi connectivity index (χ0n) is 2.73. The van der Waals surface area contributed by atoms with Gasteiger partial charge in [0.2, 0.25) is 0 Å². The van der Waals surface area contributed by atoms with Gasteiger partial charge in [0.15, 0.2) is 0 Å². The minimum absolute atomic E-state index is 0. The summed E-state index contributed by atoms with van der Waals surface area (Å²) in [6, 6.07) is 0. The first-order valence-electron chi connectivity index (χ1n) is 0. The molecule has 0 N–H and O–H groups in total. The first-order valence-corrected chi connectivity index (χ1v) is 0. The summed E-state index contributed by atoms with van der Waals surface area (Å²) >= 11 is 0. The van der Waals surface area contributed by atoms with Crippen molar-refractivity contribution in [1.29, 1.82) is 0 Å². The Balaban J connectivity index is 0. The van der Waals surface area contributed by atoms with Crippen molar-refractivity contribution in [3.8, 4) is 0 Å². The van der Waals surface area contributed by atoms with Gasteiger partial charge in [0.25, 0.3) is 0 Å². The fraction of sp³-hybridized carbons (Fsp3) is 0. The van der Waals surface area contributed by atoms with Crippen LogP contribution in [-0.4, -0.2) is 76.6 Å². The summed E-state index contributed by atoms with van der Waals surface area (Å²) in [5.41, 5.74) is 0. The zero-order valence-corrected chi connectivity index (χ0v) is 5.86. The Bertz CT molecular complexity index is 3.25. The first kappa shape index (κ1) is 40.6. The molecule has 0 aliphatic heterocycles.